The van der Waals surface area contributed by atoms with E-state index in [0.29, 0.717) is 43.3 Å². The molecule has 0 aliphatic carbocycles. The second kappa shape index (κ2) is 7.78. The predicted octanol–water partition coefficient (Wildman–Crippen LogP) is 1.73. The van der Waals surface area contributed by atoms with E-state index in [1.165, 1.54) is 6.33 Å². The van der Waals surface area contributed by atoms with Crippen LogP contribution in [0.3, 0.4) is 0 Å². The van der Waals surface area contributed by atoms with Crippen LogP contribution in [0.15, 0.2) is 36.7 Å². The van der Waals surface area contributed by atoms with Crippen LogP contribution in [0.2, 0.25) is 0 Å². The van der Waals surface area contributed by atoms with Gasteiger partial charge in [0.15, 0.2) is 0 Å². The molecule has 0 bridgehead atoms. The SMILES string of the molecule is COc1cc(-c2ccc(C(=O)N3CCN(c4ncn[nH]4)CC3)cc2)c(N)nc1C. The summed E-state index contributed by atoms with van der Waals surface area (Å²) in [6.45, 7) is 4.54. The number of nitrogen functional groups attached to an aromatic ring is 1. The molecule has 4 rings (SSSR count). The van der Waals surface area contributed by atoms with Crippen molar-refractivity contribution in [1.82, 2.24) is 25.1 Å². The Morgan fingerprint density at radius 3 is 2.52 bits per heavy atom. The zero-order valence-electron chi connectivity index (χ0n) is 16.4. The number of nitrogens with zero attached hydrogens (tertiary/aromatic N) is 5. The third-order valence-corrected chi connectivity index (χ3v) is 5.13. The van der Waals surface area contributed by atoms with Gasteiger partial charge >= 0.3 is 0 Å². The number of carbonyl (C=O) groups excluding carboxylic acids is 1. The lowest BCUT2D eigenvalue weighted by molar-refractivity contribution is 0.0746. The number of benzene rings is 1. The maximum atomic E-state index is 12.9. The number of anilines is 2. The van der Waals surface area contributed by atoms with Crippen molar-refractivity contribution in [3.8, 4) is 16.9 Å². The summed E-state index contributed by atoms with van der Waals surface area (Å²) < 4.78 is 5.35. The second-order valence-corrected chi connectivity index (χ2v) is 6.87. The lowest BCUT2D eigenvalue weighted by atomic mass is 10.0. The van der Waals surface area contributed by atoms with Crippen LogP contribution in [0.1, 0.15) is 16.1 Å². The van der Waals surface area contributed by atoms with Crippen molar-refractivity contribution < 1.29 is 9.53 Å². The lowest BCUT2D eigenvalue weighted by Crippen LogP contribution is -2.49. The van der Waals surface area contributed by atoms with Crippen molar-refractivity contribution in [3.05, 3.63) is 47.9 Å². The molecule has 0 atom stereocenters. The number of H-pyrrole nitrogens is 1. The summed E-state index contributed by atoms with van der Waals surface area (Å²) in [5.41, 5.74) is 9.15. The molecule has 150 valence electrons. The number of amides is 1. The van der Waals surface area contributed by atoms with Gasteiger partial charge < -0.3 is 20.3 Å². The molecule has 0 radical (unpaired) electrons. The highest BCUT2D eigenvalue weighted by atomic mass is 16.5. The van der Waals surface area contributed by atoms with Gasteiger partial charge in [0.05, 0.1) is 12.8 Å². The van der Waals surface area contributed by atoms with E-state index in [4.69, 9.17) is 10.5 Å². The van der Waals surface area contributed by atoms with E-state index in [1.807, 2.05) is 42.2 Å². The average Bonchev–Trinajstić information content (AvgIpc) is 3.29. The smallest absolute Gasteiger partial charge is 0.253 e. The summed E-state index contributed by atoms with van der Waals surface area (Å²) in [7, 11) is 1.61. The van der Waals surface area contributed by atoms with Crippen LogP contribution in [-0.4, -0.2) is 64.3 Å². The van der Waals surface area contributed by atoms with Gasteiger partial charge in [0, 0.05) is 37.3 Å². The zero-order chi connectivity index (χ0) is 20.4. The number of piperazine rings is 1. The Labute approximate surface area is 168 Å². The topological polar surface area (TPSA) is 113 Å². The molecule has 9 nitrogen and oxygen atoms in total. The number of pyridine rings is 1. The molecule has 1 aliphatic rings. The first kappa shape index (κ1) is 18.7. The molecule has 0 saturated carbocycles. The number of hydrogen-bond acceptors (Lipinski definition) is 7. The number of aromatic nitrogens is 4. The highest BCUT2D eigenvalue weighted by Crippen LogP contribution is 2.30. The first-order valence-corrected chi connectivity index (χ1v) is 9.38. The van der Waals surface area contributed by atoms with Crippen molar-refractivity contribution in [3.63, 3.8) is 0 Å². The number of nitrogens with one attached hydrogen (secondary N) is 1. The quantitative estimate of drug-likeness (QED) is 0.694. The Balaban J connectivity index is 1.46. The highest BCUT2D eigenvalue weighted by molar-refractivity contribution is 5.95. The summed E-state index contributed by atoms with van der Waals surface area (Å²) in [4.78, 5) is 25.3. The van der Waals surface area contributed by atoms with Crippen LogP contribution in [0.4, 0.5) is 11.8 Å². The number of carbonyl (C=O) groups is 1. The third kappa shape index (κ3) is 3.71. The summed E-state index contributed by atoms with van der Waals surface area (Å²) in [5, 5.41) is 6.73. The second-order valence-electron chi connectivity index (χ2n) is 6.87. The molecular formula is C20H23N7O2. The molecule has 2 aromatic heterocycles. The molecule has 0 unspecified atom stereocenters. The van der Waals surface area contributed by atoms with E-state index < -0.39 is 0 Å². The van der Waals surface area contributed by atoms with Gasteiger partial charge in [0.2, 0.25) is 5.95 Å². The van der Waals surface area contributed by atoms with E-state index in [-0.39, 0.29) is 5.91 Å². The maximum Gasteiger partial charge on any atom is 0.253 e. The maximum absolute atomic E-state index is 12.9. The minimum Gasteiger partial charge on any atom is -0.495 e. The molecule has 1 amide bonds. The van der Waals surface area contributed by atoms with E-state index in [1.54, 1.807) is 7.11 Å². The number of aromatic amines is 1. The van der Waals surface area contributed by atoms with Gasteiger partial charge in [-0.15, -0.1) is 0 Å². The van der Waals surface area contributed by atoms with Gasteiger partial charge in [-0.1, -0.05) is 12.1 Å². The summed E-state index contributed by atoms with van der Waals surface area (Å²) in [6.07, 6.45) is 1.49. The zero-order valence-corrected chi connectivity index (χ0v) is 16.4. The molecule has 1 aromatic carbocycles. The van der Waals surface area contributed by atoms with Crippen molar-refractivity contribution in [2.75, 3.05) is 43.9 Å². The summed E-state index contributed by atoms with van der Waals surface area (Å²) in [6, 6.07) is 9.30. The Morgan fingerprint density at radius 2 is 1.90 bits per heavy atom. The Kier molecular flexibility index (Phi) is 5.03. The minimum absolute atomic E-state index is 0.0151. The number of rotatable bonds is 4. The molecule has 3 N–H and O–H groups in total. The van der Waals surface area contributed by atoms with Crippen molar-refractivity contribution in [2.24, 2.45) is 0 Å². The van der Waals surface area contributed by atoms with Crippen LogP contribution < -0.4 is 15.4 Å². The standard InChI is InChI=1S/C20H23N7O2/c1-13-17(29-2)11-16(18(21)24-13)14-3-5-15(6-4-14)19(28)26-7-9-27(10-8-26)20-22-12-23-25-20/h3-6,11-12H,7-10H2,1-2H3,(H2,21,24)(H,22,23,25). The predicted molar refractivity (Wildman–Crippen MR) is 110 cm³/mol. The molecule has 0 spiro atoms. The van der Waals surface area contributed by atoms with Gasteiger partial charge in [-0.2, -0.15) is 10.1 Å². The van der Waals surface area contributed by atoms with Crippen LogP contribution in [0.5, 0.6) is 5.75 Å². The normalized spacial score (nSPS) is 14.1. The van der Waals surface area contributed by atoms with E-state index in [0.717, 1.165) is 22.8 Å². The molecule has 1 fully saturated rings. The highest BCUT2D eigenvalue weighted by Gasteiger charge is 2.23. The van der Waals surface area contributed by atoms with E-state index in [2.05, 4.69) is 25.1 Å². The number of methoxy groups -OCH3 is 1. The number of ether oxygens (including phenoxy) is 1. The van der Waals surface area contributed by atoms with Gasteiger partial charge in [0.25, 0.3) is 5.91 Å². The Morgan fingerprint density at radius 1 is 1.17 bits per heavy atom. The van der Waals surface area contributed by atoms with E-state index in [9.17, 15) is 4.79 Å². The van der Waals surface area contributed by atoms with Crippen molar-refractivity contribution >= 4 is 17.7 Å². The lowest BCUT2D eigenvalue weighted by Gasteiger charge is -2.34. The van der Waals surface area contributed by atoms with Gasteiger partial charge in [-0.05, 0) is 30.7 Å². The molecule has 9 heteroatoms. The molecule has 3 heterocycles. The average molecular weight is 393 g/mol. The monoisotopic (exact) mass is 393 g/mol. The largest absolute Gasteiger partial charge is 0.495 e. The number of nitrogens with two attached hydrogens (primary N) is 1. The molecule has 1 aliphatic heterocycles. The summed E-state index contributed by atoms with van der Waals surface area (Å²) in [5.74, 6) is 1.87. The first-order chi connectivity index (χ1) is 14.1. The minimum atomic E-state index is 0.0151. The van der Waals surface area contributed by atoms with Crippen LogP contribution in [0, 0.1) is 6.92 Å². The molecule has 3 aromatic rings. The van der Waals surface area contributed by atoms with Gasteiger partial charge in [-0.3, -0.25) is 4.79 Å². The first-order valence-electron chi connectivity index (χ1n) is 9.38. The van der Waals surface area contributed by atoms with Crippen LogP contribution in [0.25, 0.3) is 11.1 Å². The number of hydrogen-bond donors (Lipinski definition) is 2. The Hall–Kier alpha value is -3.62. The fraction of sp³-hybridized carbons (Fsp3) is 0.300. The fourth-order valence-corrected chi connectivity index (χ4v) is 3.49. The third-order valence-electron chi connectivity index (χ3n) is 5.13. The van der Waals surface area contributed by atoms with E-state index >= 15 is 0 Å². The van der Waals surface area contributed by atoms with Gasteiger partial charge in [-0.25, -0.2) is 10.1 Å². The molecule has 1 saturated heterocycles. The summed E-state index contributed by atoms with van der Waals surface area (Å²) >= 11 is 0. The van der Waals surface area contributed by atoms with Crippen LogP contribution >= 0.6 is 0 Å². The molecule has 29 heavy (non-hydrogen) atoms. The van der Waals surface area contributed by atoms with Crippen LogP contribution in [-0.2, 0) is 0 Å². The van der Waals surface area contributed by atoms with Crippen molar-refractivity contribution in [2.45, 2.75) is 6.92 Å². The molecular weight excluding hydrogens is 370 g/mol. The fourth-order valence-electron chi connectivity index (χ4n) is 3.49. The van der Waals surface area contributed by atoms with Crippen molar-refractivity contribution in [1.29, 1.82) is 0 Å². The van der Waals surface area contributed by atoms with Gasteiger partial charge in [0.1, 0.15) is 17.9 Å². The number of aryl methyl sites for hydroxylation is 1. The Bertz CT molecular complexity index is 994.